The van der Waals surface area contributed by atoms with Gasteiger partial charge in [0.1, 0.15) is 5.82 Å². The normalized spacial score (nSPS) is 13.9. The first kappa shape index (κ1) is 12.0. The predicted molar refractivity (Wildman–Crippen MR) is 73.8 cm³/mol. The first-order valence-corrected chi connectivity index (χ1v) is 6.17. The molecule has 1 heterocycles. The lowest BCUT2D eigenvalue weighted by Crippen LogP contribution is -2.37. The monoisotopic (exact) mass is 344 g/mol. The van der Waals surface area contributed by atoms with Gasteiger partial charge < -0.3 is 10.6 Å². The Hall–Kier alpha value is -1.44. The summed E-state index contributed by atoms with van der Waals surface area (Å²) in [5, 5.41) is 8.56. The van der Waals surface area contributed by atoms with Gasteiger partial charge in [0, 0.05) is 6.54 Å². The Kier molecular flexibility index (Phi) is 4.08. The van der Waals surface area contributed by atoms with E-state index in [4.69, 9.17) is 0 Å². The Bertz CT molecular complexity index is 421. The summed E-state index contributed by atoms with van der Waals surface area (Å²) in [7, 11) is 0. The van der Waals surface area contributed by atoms with Crippen LogP contribution < -0.4 is 16.0 Å². The van der Waals surface area contributed by atoms with E-state index in [1.807, 2.05) is 39.6 Å². The number of nitrogens with one attached hydrogen (secondary N) is 3. The summed E-state index contributed by atoms with van der Waals surface area (Å²) in [5.74, 6) is 0.713. The van der Waals surface area contributed by atoms with Gasteiger partial charge in [-0.1, -0.05) is 30.3 Å². The van der Waals surface area contributed by atoms with E-state index in [-0.39, 0.29) is 6.03 Å². The minimum atomic E-state index is -0.209. The SMILES string of the molecule is O=C(NCc1ccccc1)NC1=CN(I)CN1. The third-order valence-corrected chi connectivity index (χ3v) is 2.85. The maximum absolute atomic E-state index is 11.6. The lowest BCUT2D eigenvalue weighted by molar-refractivity contribution is 0.242. The van der Waals surface area contributed by atoms with Crippen LogP contribution in [0, 0.1) is 0 Å². The number of rotatable bonds is 3. The molecule has 0 saturated carbocycles. The zero-order chi connectivity index (χ0) is 12.1. The van der Waals surface area contributed by atoms with Crippen molar-refractivity contribution in [2.75, 3.05) is 6.67 Å². The van der Waals surface area contributed by atoms with Crippen molar-refractivity contribution in [2.24, 2.45) is 0 Å². The molecule has 0 fully saturated rings. The van der Waals surface area contributed by atoms with Crippen LogP contribution in [0.25, 0.3) is 0 Å². The standard InChI is InChI=1S/C11H13IN4O/c12-16-7-10(14-8-16)15-11(17)13-6-9-4-2-1-3-5-9/h1-5,7,14H,6,8H2,(H2,13,15,17). The highest BCUT2D eigenvalue weighted by molar-refractivity contribution is 14.1. The van der Waals surface area contributed by atoms with Crippen LogP contribution >= 0.6 is 22.9 Å². The van der Waals surface area contributed by atoms with E-state index in [1.54, 1.807) is 0 Å². The van der Waals surface area contributed by atoms with E-state index in [2.05, 4.69) is 38.8 Å². The van der Waals surface area contributed by atoms with Crippen molar-refractivity contribution in [1.29, 1.82) is 0 Å². The van der Waals surface area contributed by atoms with Crippen LogP contribution in [0.3, 0.4) is 0 Å². The molecule has 0 unspecified atom stereocenters. The first-order valence-electron chi connectivity index (χ1n) is 5.21. The lowest BCUT2D eigenvalue weighted by atomic mass is 10.2. The van der Waals surface area contributed by atoms with Gasteiger partial charge in [0.15, 0.2) is 0 Å². The average Bonchev–Trinajstić information content (AvgIpc) is 2.73. The molecule has 1 aliphatic rings. The van der Waals surface area contributed by atoms with Crippen molar-refractivity contribution in [1.82, 2.24) is 19.1 Å². The molecule has 0 spiro atoms. The van der Waals surface area contributed by atoms with Gasteiger partial charge in [-0.05, 0) is 5.56 Å². The largest absolute Gasteiger partial charge is 0.352 e. The molecular formula is C11H13IN4O. The molecule has 1 aliphatic heterocycles. The number of amides is 2. The number of carbonyl (C=O) groups excluding carboxylic acids is 1. The van der Waals surface area contributed by atoms with Gasteiger partial charge in [-0.2, -0.15) is 0 Å². The third kappa shape index (κ3) is 3.81. The highest BCUT2D eigenvalue weighted by Crippen LogP contribution is 2.06. The molecule has 5 nitrogen and oxygen atoms in total. The minimum Gasteiger partial charge on any atom is -0.352 e. The van der Waals surface area contributed by atoms with Crippen LogP contribution in [0.4, 0.5) is 4.79 Å². The van der Waals surface area contributed by atoms with E-state index < -0.39 is 0 Å². The Labute approximate surface area is 114 Å². The van der Waals surface area contributed by atoms with Crippen molar-refractivity contribution in [3.05, 3.63) is 47.9 Å². The summed E-state index contributed by atoms with van der Waals surface area (Å²) in [4.78, 5) is 11.6. The Balaban J connectivity index is 1.77. The average molecular weight is 344 g/mol. The van der Waals surface area contributed by atoms with Crippen LogP contribution in [0.5, 0.6) is 0 Å². The molecule has 0 aliphatic carbocycles. The molecule has 1 aromatic rings. The van der Waals surface area contributed by atoms with Crippen LogP contribution in [-0.2, 0) is 6.54 Å². The third-order valence-electron chi connectivity index (χ3n) is 2.23. The lowest BCUT2D eigenvalue weighted by Gasteiger charge is -2.08. The van der Waals surface area contributed by atoms with Crippen LogP contribution in [0.1, 0.15) is 5.56 Å². The quantitative estimate of drug-likeness (QED) is 0.575. The Morgan fingerprint density at radius 1 is 1.41 bits per heavy atom. The van der Waals surface area contributed by atoms with Crippen molar-refractivity contribution in [2.45, 2.75) is 6.54 Å². The molecule has 2 amide bonds. The number of hydrogen-bond donors (Lipinski definition) is 3. The fraction of sp³-hybridized carbons (Fsp3) is 0.182. The van der Waals surface area contributed by atoms with Crippen LogP contribution in [0.2, 0.25) is 0 Å². The van der Waals surface area contributed by atoms with E-state index >= 15 is 0 Å². The van der Waals surface area contributed by atoms with Crippen molar-refractivity contribution in [3.8, 4) is 0 Å². The Morgan fingerprint density at radius 2 is 2.18 bits per heavy atom. The molecule has 1 aromatic carbocycles. The topological polar surface area (TPSA) is 56.4 Å². The number of benzene rings is 1. The first-order chi connectivity index (χ1) is 8.24. The molecule has 3 N–H and O–H groups in total. The number of halogens is 1. The molecule has 0 aromatic heterocycles. The maximum atomic E-state index is 11.6. The number of nitrogens with zero attached hydrogens (tertiary/aromatic N) is 1. The molecule has 2 rings (SSSR count). The molecule has 0 saturated heterocycles. The number of urea groups is 1. The molecule has 0 atom stereocenters. The van der Waals surface area contributed by atoms with Gasteiger partial charge in [-0.15, -0.1) is 0 Å². The summed E-state index contributed by atoms with van der Waals surface area (Å²) in [6.07, 6.45) is 1.84. The summed E-state index contributed by atoms with van der Waals surface area (Å²) in [6.45, 7) is 1.22. The Morgan fingerprint density at radius 3 is 2.82 bits per heavy atom. The molecule has 6 heteroatoms. The van der Waals surface area contributed by atoms with Gasteiger partial charge in [-0.25, -0.2) is 4.79 Å². The fourth-order valence-corrected chi connectivity index (χ4v) is 1.86. The summed E-state index contributed by atoms with van der Waals surface area (Å²) < 4.78 is 1.92. The highest BCUT2D eigenvalue weighted by atomic mass is 127. The zero-order valence-corrected chi connectivity index (χ0v) is 11.3. The second-order valence-electron chi connectivity index (χ2n) is 3.57. The van der Waals surface area contributed by atoms with Crippen molar-refractivity contribution >= 4 is 28.9 Å². The molecule has 0 bridgehead atoms. The van der Waals surface area contributed by atoms with Gasteiger partial charge in [0.05, 0.1) is 35.7 Å². The van der Waals surface area contributed by atoms with Crippen molar-refractivity contribution < 1.29 is 4.79 Å². The van der Waals surface area contributed by atoms with Gasteiger partial charge in [0.2, 0.25) is 0 Å². The maximum Gasteiger partial charge on any atom is 0.320 e. The molecule has 0 radical (unpaired) electrons. The van der Waals surface area contributed by atoms with Crippen molar-refractivity contribution in [3.63, 3.8) is 0 Å². The molecule has 90 valence electrons. The minimum absolute atomic E-state index is 0.209. The van der Waals surface area contributed by atoms with E-state index in [9.17, 15) is 4.79 Å². The van der Waals surface area contributed by atoms with Gasteiger partial charge >= 0.3 is 6.03 Å². The number of carbonyl (C=O) groups is 1. The molecular weight excluding hydrogens is 331 g/mol. The summed E-state index contributed by atoms with van der Waals surface area (Å²) >= 11 is 2.15. The van der Waals surface area contributed by atoms with Gasteiger partial charge in [0.25, 0.3) is 0 Å². The highest BCUT2D eigenvalue weighted by Gasteiger charge is 2.10. The zero-order valence-electron chi connectivity index (χ0n) is 9.11. The van der Waals surface area contributed by atoms with Crippen LogP contribution in [0.15, 0.2) is 42.4 Å². The summed E-state index contributed by atoms with van der Waals surface area (Å²) in [6, 6.07) is 9.58. The second kappa shape index (κ2) is 5.76. The van der Waals surface area contributed by atoms with Gasteiger partial charge in [-0.3, -0.25) is 8.43 Å². The number of hydrogen-bond acceptors (Lipinski definition) is 3. The predicted octanol–water partition coefficient (Wildman–Crippen LogP) is 1.50. The van der Waals surface area contributed by atoms with E-state index in [0.29, 0.717) is 19.0 Å². The second-order valence-corrected chi connectivity index (χ2v) is 4.81. The molecule has 17 heavy (non-hydrogen) atoms. The summed E-state index contributed by atoms with van der Waals surface area (Å²) in [5.41, 5.74) is 1.08. The fourth-order valence-electron chi connectivity index (χ4n) is 1.41. The van der Waals surface area contributed by atoms with E-state index in [1.165, 1.54) is 0 Å². The van der Waals surface area contributed by atoms with E-state index in [0.717, 1.165) is 5.56 Å². The smallest absolute Gasteiger partial charge is 0.320 e. The van der Waals surface area contributed by atoms with Crippen LogP contribution in [-0.4, -0.2) is 15.8 Å².